The molecular weight excluding hydrogens is 194 g/mol. The first kappa shape index (κ1) is 13.6. The molecule has 0 spiro atoms. The summed E-state index contributed by atoms with van der Waals surface area (Å²) in [6.07, 6.45) is 3.16. The van der Waals surface area contributed by atoms with Gasteiger partial charge in [0, 0.05) is 6.42 Å². The van der Waals surface area contributed by atoms with Crippen molar-refractivity contribution in [1.29, 1.82) is 0 Å². The van der Waals surface area contributed by atoms with Crippen LogP contribution in [0.25, 0.3) is 0 Å². The summed E-state index contributed by atoms with van der Waals surface area (Å²) in [7, 11) is 1.54. The summed E-state index contributed by atoms with van der Waals surface area (Å²) in [5.74, 6) is -0.892. The number of esters is 1. The zero-order valence-electron chi connectivity index (χ0n) is 9.21. The second kappa shape index (κ2) is 6.14. The number of carbonyl (C=O) groups is 2. The van der Waals surface area contributed by atoms with Crippen LogP contribution in [0.1, 0.15) is 13.3 Å². The predicted octanol–water partition coefficient (Wildman–Crippen LogP) is 0.839. The lowest BCUT2D eigenvalue weighted by Crippen LogP contribution is -2.56. The SMILES string of the molecule is C=CCOC(=O)C(CC=C)(NC)C(C)=O. The van der Waals surface area contributed by atoms with E-state index < -0.39 is 11.5 Å². The van der Waals surface area contributed by atoms with E-state index in [4.69, 9.17) is 4.74 Å². The summed E-state index contributed by atoms with van der Waals surface area (Å²) >= 11 is 0. The Morgan fingerprint density at radius 2 is 2.00 bits per heavy atom. The van der Waals surface area contributed by atoms with Crippen molar-refractivity contribution < 1.29 is 14.3 Å². The molecule has 0 aliphatic carbocycles. The summed E-state index contributed by atoms with van der Waals surface area (Å²) < 4.78 is 4.87. The van der Waals surface area contributed by atoms with E-state index in [9.17, 15) is 9.59 Å². The fourth-order valence-electron chi connectivity index (χ4n) is 1.23. The van der Waals surface area contributed by atoms with Gasteiger partial charge in [-0.25, -0.2) is 4.79 Å². The van der Waals surface area contributed by atoms with Crippen LogP contribution in [0.3, 0.4) is 0 Å². The Bertz CT molecular complexity index is 273. The summed E-state index contributed by atoms with van der Waals surface area (Å²) in [6.45, 7) is 8.38. The van der Waals surface area contributed by atoms with E-state index in [-0.39, 0.29) is 18.8 Å². The van der Waals surface area contributed by atoms with E-state index in [1.165, 1.54) is 19.1 Å². The van der Waals surface area contributed by atoms with Crippen molar-refractivity contribution in [3.8, 4) is 0 Å². The molecule has 0 bridgehead atoms. The molecule has 0 aliphatic rings. The second-order valence-corrected chi connectivity index (χ2v) is 3.09. The third-order valence-corrected chi connectivity index (χ3v) is 2.16. The monoisotopic (exact) mass is 211 g/mol. The molecule has 0 fully saturated rings. The number of hydrogen-bond acceptors (Lipinski definition) is 4. The average molecular weight is 211 g/mol. The first-order chi connectivity index (χ1) is 7.05. The minimum Gasteiger partial charge on any atom is -0.460 e. The number of ketones is 1. The molecule has 0 saturated heterocycles. The Morgan fingerprint density at radius 3 is 2.33 bits per heavy atom. The molecule has 4 nitrogen and oxygen atoms in total. The standard InChI is InChI=1S/C11H17NO3/c1-5-7-11(12-4,9(3)13)10(14)15-8-6-2/h5-6,12H,1-2,7-8H2,3-4H3. The summed E-state index contributed by atoms with van der Waals surface area (Å²) in [5, 5.41) is 2.69. The quantitative estimate of drug-likeness (QED) is 0.385. The van der Waals surface area contributed by atoms with E-state index in [1.807, 2.05) is 0 Å². The highest BCUT2D eigenvalue weighted by Gasteiger charge is 2.42. The van der Waals surface area contributed by atoms with Gasteiger partial charge in [0.05, 0.1) is 0 Å². The minimum absolute atomic E-state index is 0.0900. The van der Waals surface area contributed by atoms with Gasteiger partial charge in [-0.2, -0.15) is 0 Å². The molecule has 0 aromatic heterocycles. The fraction of sp³-hybridized carbons (Fsp3) is 0.455. The highest BCUT2D eigenvalue weighted by Crippen LogP contribution is 2.14. The molecule has 0 amide bonds. The highest BCUT2D eigenvalue weighted by atomic mass is 16.5. The topological polar surface area (TPSA) is 55.4 Å². The summed E-state index contributed by atoms with van der Waals surface area (Å²) in [4.78, 5) is 23.1. The molecule has 1 N–H and O–H groups in total. The van der Waals surface area contributed by atoms with Gasteiger partial charge in [0.2, 0.25) is 0 Å². The van der Waals surface area contributed by atoms with Gasteiger partial charge >= 0.3 is 5.97 Å². The highest BCUT2D eigenvalue weighted by molar-refractivity contribution is 6.07. The molecule has 0 radical (unpaired) electrons. The van der Waals surface area contributed by atoms with Crippen LogP contribution in [0.4, 0.5) is 0 Å². The molecule has 1 atom stereocenters. The normalized spacial score (nSPS) is 13.7. The van der Waals surface area contributed by atoms with Crippen molar-refractivity contribution in [3.63, 3.8) is 0 Å². The Balaban J connectivity index is 4.88. The van der Waals surface area contributed by atoms with Gasteiger partial charge in [-0.1, -0.05) is 18.7 Å². The Morgan fingerprint density at radius 1 is 1.40 bits per heavy atom. The van der Waals surface area contributed by atoms with Crippen molar-refractivity contribution in [3.05, 3.63) is 25.3 Å². The third kappa shape index (κ3) is 3.02. The number of rotatable bonds is 7. The lowest BCUT2D eigenvalue weighted by molar-refractivity contribution is -0.153. The van der Waals surface area contributed by atoms with Gasteiger partial charge in [0.1, 0.15) is 6.61 Å². The third-order valence-electron chi connectivity index (χ3n) is 2.16. The van der Waals surface area contributed by atoms with E-state index in [1.54, 1.807) is 7.05 Å². The van der Waals surface area contributed by atoms with E-state index in [0.29, 0.717) is 0 Å². The van der Waals surface area contributed by atoms with Crippen LogP contribution in [-0.4, -0.2) is 30.9 Å². The second-order valence-electron chi connectivity index (χ2n) is 3.09. The molecule has 0 saturated carbocycles. The molecule has 4 heteroatoms. The average Bonchev–Trinajstić information content (AvgIpc) is 2.22. The molecule has 0 heterocycles. The number of hydrogen-bond donors (Lipinski definition) is 1. The summed E-state index contributed by atoms with van der Waals surface area (Å²) in [6, 6.07) is 0. The smallest absolute Gasteiger partial charge is 0.334 e. The zero-order chi connectivity index (χ0) is 11.9. The fourth-order valence-corrected chi connectivity index (χ4v) is 1.23. The van der Waals surface area contributed by atoms with Crippen LogP contribution in [0, 0.1) is 0 Å². The van der Waals surface area contributed by atoms with Crippen molar-refractivity contribution in [2.75, 3.05) is 13.7 Å². The lowest BCUT2D eigenvalue weighted by atomic mass is 9.91. The molecule has 0 aliphatic heterocycles. The molecule has 0 rings (SSSR count). The maximum atomic E-state index is 11.7. The molecule has 84 valence electrons. The van der Waals surface area contributed by atoms with Crippen LogP contribution in [-0.2, 0) is 14.3 Å². The van der Waals surface area contributed by atoms with Crippen LogP contribution >= 0.6 is 0 Å². The zero-order valence-corrected chi connectivity index (χ0v) is 9.21. The first-order valence-corrected chi connectivity index (χ1v) is 4.64. The number of carbonyl (C=O) groups excluding carboxylic acids is 2. The Kier molecular flexibility index (Phi) is 5.56. The number of Topliss-reactive ketones (excluding diaryl/α,β-unsaturated/α-hetero) is 1. The Labute approximate surface area is 90.0 Å². The van der Waals surface area contributed by atoms with Gasteiger partial charge in [0.25, 0.3) is 0 Å². The summed E-state index contributed by atoms with van der Waals surface area (Å²) in [5.41, 5.74) is -1.31. The minimum atomic E-state index is -1.31. The van der Waals surface area contributed by atoms with Gasteiger partial charge in [-0.15, -0.1) is 6.58 Å². The molecule has 0 aromatic carbocycles. The van der Waals surface area contributed by atoms with Gasteiger partial charge in [-0.05, 0) is 14.0 Å². The van der Waals surface area contributed by atoms with E-state index in [0.717, 1.165) is 0 Å². The van der Waals surface area contributed by atoms with Crippen LogP contribution in [0.5, 0.6) is 0 Å². The van der Waals surface area contributed by atoms with Crippen LogP contribution in [0.2, 0.25) is 0 Å². The van der Waals surface area contributed by atoms with Gasteiger partial charge < -0.3 is 4.74 Å². The van der Waals surface area contributed by atoms with E-state index in [2.05, 4.69) is 18.5 Å². The lowest BCUT2D eigenvalue weighted by Gasteiger charge is -2.26. The number of likely N-dealkylation sites (N-methyl/N-ethyl adjacent to an activating group) is 1. The van der Waals surface area contributed by atoms with Crippen LogP contribution < -0.4 is 5.32 Å². The van der Waals surface area contributed by atoms with Crippen molar-refractivity contribution in [2.24, 2.45) is 0 Å². The largest absolute Gasteiger partial charge is 0.460 e. The van der Waals surface area contributed by atoms with Crippen molar-refractivity contribution >= 4 is 11.8 Å². The maximum absolute atomic E-state index is 11.7. The van der Waals surface area contributed by atoms with Crippen molar-refractivity contribution in [2.45, 2.75) is 18.9 Å². The predicted molar refractivity (Wildman–Crippen MR) is 58.4 cm³/mol. The van der Waals surface area contributed by atoms with E-state index >= 15 is 0 Å². The van der Waals surface area contributed by atoms with Crippen LogP contribution in [0.15, 0.2) is 25.3 Å². The molecular formula is C11H17NO3. The van der Waals surface area contributed by atoms with Gasteiger partial charge in [0.15, 0.2) is 11.3 Å². The maximum Gasteiger partial charge on any atom is 0.334 e. The van der Waals surface area contributed by atoms with Gasteiger partial charge in [-0.3, -0.25) is 10.1 Å². The number of nitrogens with one attached hydrogen (secondary N) is 1. The van der Waals surface area contributed by atoms with Crippen molar-refractivity contribution in [1.82, 2.24) is 5.32 Å². The number of ether oxygens (including phenoxy) is 1. The molecule has 0 aromatic rings. The Hall–Kier alpha value is -1.42. The molecule has 15 heavy (non-hydrogen) atoms. The first-order valence-electron chi connectivity index (χ1n) is 4.64. The molecule has 1 unspecified atom stereocenters.